The van der Waals surface area contributed by atoms with E-state index in [0.717, 1.165) is 4.90 Å². The third-order valence-corrected chi connectivity index (χ3v) is 3.18. The van der Waals surface area contributed by atoms with E-state index in [2.05, 4.69) is 5.32 Å². The van der Waals surface area contributed by atoms with Crippen LogP contribution in [0.15, 0.2) is 18.2 Å². The second-order valence-electron chi connectivity index (χ2n) is 4.53. The standard InChI is InChI=1S/C13H14N2O4/c1-7-5-8(3-4-9(7)13(18)19)14-10-6-11(16)15(2)12(10)17/h3-5,10,14H,6H2,1-2H3,(H,18,19). The van der Waals surface area contributed by atoms with Gasteiger partial charge in [-0.1, -0.05) is 0 Å². The number of likely N-dealkylation sites (N-methyl/N-ethyl adjacent to an activating group) is 1. The topological polar surface area (TPSA) is 86.7 Å². The Kier molecular flexibility index (Phi) is 3.25. The molecule has 1 aliphatic rings. The van der Waals surface area contributed by atoms with Gasteiger partial charge in [0.05, 0.1) is 12.0 Å². The number of anilines is 1. The largest absolute Gasteiger partial charge is 0.478 e. The van der Waals surface area contributed by atoms with E-state index in [1.54, 1.807) is 19.1 Å². The van der Waals surface area contributed by atoms with Crippen molar-refractivity contribution in [1.29, 1.82) is 0 Å². The van der Waals surface area contributed by atoms with Crippen LogP contribution in [0.5, 0.6) is 0 Å². The molecule has 2 rings (SSSR count). The Morgan fingerprint density at radius 3 is 2.58 bits per heavy atom. The molecule has 1 aromatic rings. The van der Waals surface area contributed by atoms with Crippen LogP contribution < -0.4 is 5.32 Å². The minimum Gasteiger partial charge on any atom is -0.478 e. The Hall–Kier alpha value is -2.37. The van der Waals surface area contributed by atoms with Crippen LogP contribution in [0.1, 0.15) is 22.3 Å². The van der Waals surface area contributed by atoms with Crippen LogP contribution >= 0.6 is 0 Å². The summed E-state index contributed by atoms with van der Waals surface area (Å²) >= 11 is 0. The van der Waals surface area contributed by atoms with Crippen molar-refractivity contribution in [3.63, 3.8) is 0 Å². The Bertz CT molecular complexity index is 568. The zero-order chi connectivity index (χ0) is 14.2. The minimum absolute atomic E-state index is 0.120. The lowest BCUT2D eigenvalue weighted by Gasteiger charge is -2.13. The Morgan fingerprint density at radius 1 is 1.42 bits per heavy atom. The lowest BCUT2D eigenvalue weighted by molar-refractivity contribution is -0.136. The maximum absolute atomic E-state index is 11.7. The van der Waals surface area contributed by atoms with E-state index in [-0.39, 0.29) is 23.8 Å². The average molecular weight is 262 g/mol. The molecule has 1 atom stereocenters. The van der Waals surface area contributed by atoms with Crippen LogP contribution in [0, 0.1) is 6.92 Å². The molecule has 1 fully saturated rings. The van der Waals surface area contributed by atoms with Crippen molar-refractivity contribution in [2.24, 2.45) is 0 Å². The molecule has 19 heavy (non-hydrogen) atoms. The fourth-order valence-electron chi connectivity index (χ4n) is 2.06. The van der Waals surface area contributed by atoms with Crippen LogP contribution in [-0.2, 0) is 9.59 Å². The van der Waals surface area contributed by atoms with E-state index in [0.29, 0.717) is 11.3 Å². The van der Waals surface area contributed by atoms with Crippen molar-refractivity contribution in [2.75, 3.05) is 12.4 Å². The van der Waals surface area contributed by atoms with Crippen molar-refractivity contribution in [2.45, 2.75) is 19.4 Å². The highest BCUT2D eigenvalue weighted by Crippen LogP contribution is 2.20. The fraction of sp³-hybridized carbons (Fsp3) is 0.308. The van der Waals surface area contributed by atoms with Crippen LogP contribution in [-0.4, -0.2) is 40.9 Å². The zero-order valence-electron chi connectivity index (χ0n) is 10.6. The molecule has 0 spiro atoms. The number of amides is 2. The van der Waals surface area contributed by atoms with Gasteiger partial charge in [-0.05, 0) is 30.7 Å². The summed E-state index contributed by atoms with van der Waals surface area (Å²) in [6, 6.07) is 4.14. The van der Waals surface area contributed by atoms with E-state index in [9.17, 15) is 14.4 Å². The number of carboxylic acid groups (broad SMARTS) is 1. The summed E-state index contributed by atoms with van der Waals surface area (Å²) in [7, 11) is 1.45. The SMILES string of the molecule is Cc1cc(NC2CC(=O)N(C)C2=O)ccc1C(=O)O. The Morgan fingerprint density at radius 2 is 2.11 bits per heavy atom. The van der Waals surface area contributed by atoms with Gasteiger partial charge in [0.15, 0.2) is 0 Å². The Labute approximate surface area is 110 Å². The maximum Gasteiger partial charge on any atom is 0.335 e. The van der Waals surface area contributed by atoms with Crippen LogP contribution in [0.2, 0.25) is 0 Å². The van der Waals surface area contributed by atoms with Gasteiger partial charge in [0, 0.05) is 12.7 Å². The number of rotatable bonds is 3. The molecule has 1 saturated heterocycles. The third kappa shape index (κ3) is 2.42. The predicted molar refractivity (Wildman–Crippen MR) is 67.9 cm³/mol. The molecule has 0 saturated carbocycles. The molecule has 6 heteroatoms. The van der Waals surface area contributed by atoms with Gasteiger partial charge in [-0.2, -0.15) is 0 Å². The number of hydrogen-bond donors (Lipinski definition) is 2. The first-order valence-electron chi connectivity index (χ1n) is 5.81. The number of carbonyl (C=O) groups excluding carboxylic acids is 2. The van der Waals surface area contributed by atoms with E-state index in [4.69, 9.17) is 5.11 Å². The summed E-state index contributed by atoms with van der Waals surface area (Å²) < 4.78 is 0. The smallest absolute Gasteiger partial charge is 0.335 e. The number of hydrogen-bond acceptors (Lipinski definition) is 4. The van der Waals surface area contributed by atoms with E-state index >= 15 is 0 Å². The summed E-state index contributed by atoms with van der Waals surface area (Å²) in [4.78, 5) is 35.1. The van der Waals surface area contributed by atoms with Crippen molar-refractivity contribution < 1.29 is 19.5 Å². The van der Waals surface area contributed by atoms with Crippen molar-refractivity contribution in [3.8, 4) is 0 Å². The number of carboxylic acids is 1. The average Bonchev–Trinajstić information content (AvgIpc) is 2.57. The molecule has 0 aromatic heterocycles. The summed E-state index contributed by atoms with van der Waals surface area (Å²) in [5, 5.41) is 11.9. The Balaban J connectivity index is 2.17. The number of nitrogens with zero attached hydrogens (tertiary/aromatic N) is 1. The second kappa shape index (κ2) is 4.72. The van der Waals surface area contributed by atoms with Gasteiger partial charge in [0.25, 0.3) is 5.91 Å². The van der Waals surface area contributed by atoms with Gasteiger partial charge < -0.3 is 10.4 Å². The van der Waals surface area contributed by atoms with Crippen LogP contribution in [0.4, 0.5) is 5.69 Å². The lowest BCUT2D eigenvalue weighted by atomic mass is 10.1. The quantitative estimate of drug-likeness (QED) is 0.789. The van der Waals surface area contributed by atoms with Gasteiger partial charge in [0.2, 0.25) is 5.91 Å². The van der Waals surface area contributed by atoms with Crippen molar-refractivity contribution in [1.82, 2.24) is 4.90 Å². The lowest BCUT2D eigenvalue weighted by Crippen LogP contribution is -2.31. The number of aryl methyl sites for hydroxylation is 1. The summed E-state index contributed by atoms with van der Waals surface area (Å²) in [6.45, 7) is 1.68. The summed E-state index contributed by atoms with van der Waals surface area (Å²) in [5.74, 6) is -1.48. The van der Waals surface area contributed by atoms with Gasteiger partial charge in [-0.25, -0.2) is 4.79 Å². The highest BCUT2D eigenvalue weighted by molar-refractivity contribution is 6.06. The highest BCUT2D eigenvalue weighted by Gasteiger charge is 2.35. The number of nitrogens with one attached hydrogen (secondary N) is 1. The van der Waals surface area contributed by atoms with E-state index in [1.165, 1.54) is 13.1 Å². The molecule has 2 amide bonds. The maximum atomic E-state index is 11.7. The highest BCUT2D eigenvalue weighted by atomic mass is 16.4. The minimum atomic E-state index is -0.990. The van der Waals surface area contributed by atoms with Gasteiger partial charge in [-0.3, -0.25) is 14.5 Å². The molecule has 1 aromatic carbocycles. The van der Waals surface area contributed by atoms with Crippen molar-refractivity contribution in [3.05, 3.63) is 29.3 Å². The predicted octanol–water partition coefficient (Wildman–Crippen LogP) is 0.862. The molecule has 2 N–H and O–H groups in total. The number of likely N-dealkylation sites (tertiary alicyclic amines) is 1. The normalized spacial score (nSPS) is 18.8. The molecule has 100 valence electrons. The fourth-order valence-corrected chi connectivity index (χ4v) is 2.06. The van der Waals surface area contributed by atoms with Gasteiger partial charge in [-0.15, -0.1) is 0 Å². The monoisotopic (exact) mass is 262 g/mol. The van der Waals surface area contributed by atoms with E-state index < -0.39 is 12.0 Å². The second-order valence-corrected chi connectivity index (χ2v) is 4.53. The van der Waals surface area contributed by atoms with Crippen molar-refractivity contribution >= 4 is 23.5 Å². The zero-order valence-corrected chi connectivity index (χ0v) is 10.6. The molecule has 1 unspecified atom stereocenters. The van der Waals surface area contributed by atoms with Crippen LogP contribution in [0.25, 0.3) is 0 Å². The molecule has 6 nitrogen and oxygen atoms in total. The van der Waals surface area contributed by atoms with Gasteiger partial charge in [0.1, 0.15) is 6.04 Å². The number of benzene rings is 1. The number of carbonyl (C=O) groups is 3. The molecule has 0 aliphatic carbocycles. The molecular formula is C13H14N2O4. The van der Waals surface area contributed by atoms with Gasteiger partial charge >= 0.3 is 5.97 Å². The van der Waals surface area contributed by atoms with Crippen LogP contribution in [0.3, 0.4) is 0 Å². The van der Waals surface area contributed by atoms with E-state index in [1.807, 2.05) is 0 Å². The summed E-state index contributed by atoms with van der Waals surface area (Å²) in [5.41, 5.74) is 1.45. The molecular weight excluding hydrogens is 248 g/mol. The first-order valence-corrected chi connectivity index (χ1v) is 5.81. The number of aromatic carboxylic acids is 1. The molecule has 1 aliphatic heterocycles. The number of imide groups is 1. The third-order valence-electron chi connectivity index (χ3n) is 3.18. The summed E-state index contributed by atoms with van der Waals surface area (Å²) in [6.07, 6.45) is 0.120. The molecule has 0 bridgehead atoms. The first kappa shape index (κ1) is 13.1. The first-order chi connectivity index (χ1) is 8.90. The molecule has 0 radical (unpaired) electrons. The molecule has 1 heterocycles.